The summed E-state index contributed by atoms with van der Waals surface area (Å²) in [6.07, 6.45) is 0. The van der Waals surface area contributed by atoms with Gasteiger partial charge < -0.3 is 9.52 Å². The van der Waals surface area contributed by atoms with Crippen LogP contribution in [-0.2, 0) is 15.6 Å². The van der Waals surface area contributed by atoms with E-state index in [0.29, 0.717) is 17.1 Å². The molecule has 6 nitrogen and oxygen atoms in total. The number of benzene rings is 1. The molecule has 0 amide bonds. The highest BCUT2D eigenvalue weighted by atomic mass is 32.2. The van der Waals surface area contributed by atoms with Crippen molar-refractivity contribution in [2.75, 3.05) is 6.54 Å². The summed E-state index contributed by atoms with van der Waals surface area (Å²) in [7, 11) is -3.91. The number of sulfonamides is 1. The zero-order valence-corrected chi connectivity index (χ0v) is 13.9. The van der Waals surface area contributed by atoms with Crippen molar-refractivity contribution in [3.8, 4) is 6.07 Å². The van der Waals surface area contributed by atoms with Crippen LogP contribution in [0.15, 0.2) is 39.6 Å². The zero-order chi connectivity index (χ0) is 17.3. The second-order valence-corrected chi connectivity index (χ2v) is 7.27. The van der Waals surface area contributed by atoms with Gasteiger partial charge in [0.25, 0.3) is 0 Å². The Morgan fingerprint density at radius 1 is 1.35 bits per heavy atom. The standard InChI is InChI=1S/C16H18N2O4S/c1-11-8-14(12(2)22-11)16(3,19)10-18-23(20,21)15-7-5-4-6-13(15)9-17/h4-8,18-19H,10H2,1-3H3. The third-order valence-corrected chi connectivity index (χ3v) is 4.98. The van der Waals surface area contributed by atoms with Crippen molar-refractivity contribution in [3.63, 3.8) is 0 Å². The Morgan fingerprint density at radius 3 is 2.57 bits per heavy atom. The molecule has 0 saturated heterocycles. The predicted molar refractivity (Wildman–Crippen MR) is 84.1 cm³/mol. The van der Waals surface area contributed by atoms with Gasteiger partial charge in [-0.1, -0.05) is 12.1 Å². The topological polar surface area (TPSA) is 103 Å². The van der Waals surface area contributed by atoms with Gasteiger partial charge in [-0.25, -0.2) is 13.1 Å². The van der Waals surface area contributed by atoms with Crippen molar-refractivity contribution in [2.24, 2.45) is 0 Å². The minimum absolute atomic E-state index is 0.0509. The van der Waals surface area contributed by atoms with Gasteiger partial charge in [0.1, 0.15) is 23.2 Å². The highest BCUT2D eigenvalue weighted by molar-refractivity contribution is 7.89. The molecule has 7 heteroatoms. The molecule has 1 unspecified atom stereocenters. The molecule has 23 heavy (non-hydrogen) atoms. The number of aliphatic hydroxyl groups is 1. The van der Waals surface area contributed by atoms with Gasteiger partial charge in [-0.05, 0) is 39.0 Å². The predicted octanol–water partition coefficient (Wildman–Crippen LogP) is 1.95. The van der Waals surface area contributed by atoms with E-state index < -0.39 is 15.6 Å². The van der Waals surface area contributed by atoms with Gasteiger partial charge in [0.05, 0.1) is 10.5 Å². The summed E-state index contributed by atoms with van der Waals surface area (Å²) in [6, 6.07) is 9.42. The smallest absolute Gasteiger partial charge is 0.241 e. The number of aryl methyl sites for hydroxylation is 2. The minimum atomic E-state index is -3.91. The average molecular weight is 334 g/mol. The van der Waals surface area contributed by atoms with Crippen LogP contribution in [0.25, 0.3) is 0 Å². The maximum atomic E-state index is 12.4. The second kappa shape index (κ2) is 6.16. The van der Waals surface area contributed by atoms with Crippen LogP contribution in [0.5, 0.6) is 0 Å². The number of nitrogens with one attached hydrogen (secondary N) is 1. The number of hydrogen-bond acceptors (Lipinski definition) is 5. The molecule has 0 aliphatic rings. The number of nitriles is 1. The molecule has 1 heterocycles. The first kappa shape index (κ1) is 17.2. The van der Waals surface area contributed by atoms with E-state index in [4.69, 9.17) is 9.68 Å². The Bertz CT molecular complexity index is 860. The molecule has 0 saturated carbocycles. The van der Waals surface area contributed by atoms with E-state index >= 15 is 0 Å². The molecule has 2 rings (SSSR count). The van der Waals surface area contributed by atoms with E-state index in [1.54, 1.807) is 26.0 Å². The second-order valence-electron chi connectivity index (χ2n) is 5.53. The Labute approximate surface area is 135 Å². The highest BCUT2D eigenvalue weighted by Crippen LogP contribution is 2.27. The van der Waals surface area contributed by atoms with Crippen LogP contribution in [0.2, 0.25) is 0 Å². The molecule has 1 atom stereocenters. The molecule has 2 aromatic rings. The van der Waals surface area contributed by atoms with Gasteiger partial charge in [0.15, 0.2) is 0 Å². The lowest BCUT2D eigenvalue weighted by Gasteiger charge is -2.23. The molecule has 1 aromatic carbocycles. The van der Waals surface area contributed by atoms with Crippen LogP contribution >= 0.6 is 0 Å². The van der Waals surface area contributed by atoms with Crippen molar-refractivity contribution in [3.05, 3.63) is 53.0 Å². The van der Waals surface area contributed by atoms with Crippen LogP contribution in [0, 0.1) is 25.2 Å². The summed E-state index contributed by atoms with van der Waals surface area (Å²) in [5.41, 5.74) is -0.863. The Morgan fingerprint density at radius 2 is 2.00 bits per heavy atom. The normalized spacial score (nSPS) is 14.2. The molecule has 122 valence electrons. The number of rotatable bonds is 5. The largest absolute Gasteiger partial charge is 0.466 e. The van der Waals surface area contributed by atoms with Crippen molar-refractivity contribution in [1.82, 2.24) is 4.72 Å². The van der Waals surface area contributed by atoms with Crippen LogP contribution < -0.4 is 4.72 Å². The summed E-state index contributed by atoms with van der Waals surface area (Å²) >= 11 is 0. The minimum Gasteiger partial charge on any atom is -0.466 e. The number of nitrogens with zero attached hydrogens (tertiary/aromatic N) is 1. The van der Waals surface area contributed by atoms with Gasteiger partial charge >= 0.3 is 0 Å². The Kier molecular flexibility index (Phi) is 4.61. The molecular weight excluding hydrogens is 316 g/mol. The summed E-state index contributed by atoms with van der Waals surface area (Å²) in [6.45, 7) is 4.72. The third kappa shape index (κ3) is 3.62. The fraction of sp³-hybridized carbons (Fsp3) is 0.312. The number of furan rings is 1. The van der Waals surface area contributed by atoms with Crippen molar-refractivity contribution in [1.29, 1.82) is 5.26 Å². The Balaban J connectivity index is 2.25. The van der Waals surface area contributed by atoms with Gasteiger partial charge in [0.2, 0.25) is 10.0 Å². The van der Waals surface area contributed by atoms with E-state index in [9.17, 15) is 13.5 Å². The zero-order valence-electron chi connectivity index (χ0n) is 13.1. The van der Waals surface area contributed by atoms with E-state index in [1.165, 1.54) is 25.1 Å². The first-order valence-corrected chi connectivity index (χ1v) is 8.44. The van der Waals surface area contributed by atoms with Gasteiger partial charge in [-0.3, -0.25) is 0 Å². The van der Waals surface area contributed by atoms with Crippen molar-refractivity contribution >= 4 is 10.0 Å². The monoisotopic (exact) mass is 334 g/mol. The van der Waals surface area contributed by atoms with Crippen LogP contribution in [0.1, 0.15) is 29.6 Å². The summed E-state index contributed by atoms with van der Waals surface area (Å²) < 4.78 is 32.5. The molecule has 0 spiro atoms. The first-order chi connectivity index (χ1) is 10.7. The molecule has 0 radical (unpaired) electrons. The molecule has 0 bridgehead atoms. The van der Waals surface area contributed by atoms with E-state index in [1.807, 2.05) is 6.07 Å². The molecule has 0 fully saturated rings. The van der Waals surface area contributed by atoms with E-state index in [0.717, 1.165) is 0 Å². The molecule has 2 N–H and O–H groups in total. The molecular formula is C16H18N2O4S. The lowest BCUT2D eigenvalue weighted by molar-refractivity contribution is 0.0612. The van der Waals surface area contributed by atoms with Gasteiger partial charge in [0, 0.05) is 12.1 Å². The third-order valence-electron chi connectivity index (χ3n) is 3.52. The highest BCUT2D eigenvalue weighted by Gasteiger charge is 2.30. The summed E-state index contributed by atoms with van der Waals surface area (Å²) in [5.74, 6) is 1.17. The van der Waals surface area contributed by atoms with Gasteiger partial charge in [-0.15, -0.1) is 0 Å². The molecule has 1 aromatic heterocycles. The lowest BCUT2D eigenvalue weighted by Crippen LogP contribution is -2.39. The quantitative estimate of drug-likeness (QED) is 0.870. The maximum absolute atomic E-state index is 12.4. The average Bonchev–Trinajstić information content (AvgIpc) is 2.85. The van der Waals surface area contributed by atoms with Crippen LogP contribution in [-0.4, -0.2) is 20.1 Å². The fourth-order valence-electron chi connectivity index (χ4n) is 2.37. The SMILES string of the molecule is Cc1cc(C(C)(O)CNS(=O)(=O)c2ccccc2C#N)c(C)o1. The van der Waals surface area contributed by atoms with E-state index in [2.05, 4.69) is 4.72 Å². The van der Waals surface area contributed by atoms with Gasteiger partial charge in [-0.2, -0.15) is 5.26 Å². The van der Waals surface area contributed by atoms with Crippen molar-refractivity contribution < 1.29 is 17.9 Å². The van der Waals surface area contributed by atoms with Crippen LogP contribution in [0.4, 0.5) is 0 Å². The Hall–Kier alpha value is -2.14. The first-order valence-electron chi connectivity index (χ1n) is 6.96. The fourth-order valence-corrected chi connectivity index (χ4v) is 3.65. The molecule has 0 aliphatic carbocycles. The van der Waals surface area contributed by atoms with E-state index in [-0.39, 0.29) is 17.0 Å². The van der Waals surface area contributed by atoms with Crippen molar-refractivity contribution in [2.45, 2.75) is 31.3 Å². The number of hydrogen-bond donors (Lipinski definition) is 2. The molecule has 0 aliphatic heterocycles. The lowest BCUT2D eigenvalue weighted by atomic mass is 9.97. The van der Waals surface area contributed by atoms with Crippen LogP contribution in [0.3, 0.4) is 0 Å². The summed E-state index contributed by atoms with van der Waals surface area (Å²) in [5, 5.41) is 19.6. The maximum Gasteiger partial charge on any atom is 0.241 e. The summed E-state index contributed by atoms with van der Waals surface area (Å²) in [4.78, 5) is -0.113.